The van der Waals surface area contributed by atoms with Gasteiger partial charge in [-0.2, -0.15) is 5.48 Å². The Balaban J connectivity index is 0. The van der Waals surface area contributed by atoms with E-state index in [2.05, 4.69) is 33.2 Å². The monoisotopic (exact) mass is 181 g/mol. The fraction of sp³-hybridized carbons (Fsp3) is 1.00. The third-order valence-electron chi connectivity index (χ3n) is 1.66. The second-order valence-electron chi connectivity index (χ2n) is 2.76. The zero-order chi connectivity index (χ0) is 7.98. The van der Waals surface area contributed by atoms with Crippen molar-refractivity contribution in [3.63, 3.8) is 0 Å². The van der Waals surface area contributed by atoms with Gasteiger partial charge in [0.1, 0.15) is 0 Å². The predicted octanol–water partition coefficient (Wildman–Crippen LogP) is 2.53. The molecule has 0 fully saturated rings. The molecule has 0 spiro atoms. The van der Waals surface area contributed by atoms with E-state index in [1.807, 2.05) is 0 Å². The van der Waals surface area contributed by atoms with Crippen LogP contribution in [-0.2, 0) is 4.84 Å². The van der Waals surface area contributed by atoms with Crippen molar-refractivity contribution in [3.8, 4) is 0 Å². The molecule has 1 N–H and O–H groups in total. The summed E-state index contributed by atoms with van der Waals surface area (Å²) in [6, 6.07) is 0.467. The van der Waals surface area contributed by atoms with E-state index in [1.54, 1.807) is 0 Å². The highest BCUT2D eigenvalue weighted by Crippen LogP contribution is 1.95. The van der Waals surface area contributed by atoms with Crippen molar-refractivity contribution < 1.29 is 4.84 Å². The van der Waals surface area contributed by atoms with E-state index in [1.165, 1.54) is 0 Å². The first-order valence-electron chi connectivity index (χ1n) is 4.11. The molecule has 2 atom stereocenters. The van der Waals surface area contributed by atoms with Crippen LogP contribution in [0.2, 0.25) is 0 Å². The zero-order valence-corrected chi connectivity index (χ0v) is 8.70. The summed E-state index contributed by atoms with van der Waals surface area (Å²) in [6.45, 7) is 8.43. The lowest BCUT2D eigenvalue weighted by atomic mass is 10.3. The van der Waals surface area contributed by atoms with E-state index in [0.29, 0.717) is 12.1 Å². The van der Waals surface area contributed by atoms with Gasteiger partial charge in [0, 0.05) is 6.04 Å². The van der Waals surface area contributed by atoms with Crippen LogP contribution in [0.1, 0.15) is 40.5 Å². The quantitative estimate of drug-likeness (QED) is 0.659. The van der Waals surface area contributed by atoms with Crippen LogP contribution >= 0.6 is 12.4 Å². The van der Waals surface area contributed by atoms with E-state index in [-0.39, 0.29) is 12.4 Å². The molecule has 0 amide bonds. The smallest absolute Gasteiger partial charge is 0.0759 e. The first-order chi connectivity index (χ1) is 4.70. The van der Waals surface area contributed by atoms with Crippen LogP contribution in [0.25, 0.3) is 0 Å². The van der Waals surface area contributed by atoms with Crippen molar-refractivity contribution in [1.29, 1.82) is 0 Å². The first-order valence-corrected chi connectivity index (χ1v) is 4.11. The third kappa shape index (κ3) is 8.11. The van der Waals surface area contributed by atoms with Crippen LogP contribution in [0, 0.1) is 0 Å². The van der Waals surface area contributed by atoms with Gasteiger partial charge in [-0.3, -0.25) is 4.84 Å². The molecule has 0 aliphatic carbocycles. The topological polar surface area (TPSA) is 21.3 Å². The molecule has 0 radical (unpaired) electrons. The van der Waals surface area contributed by atoms with Crippen LogP contribution in [-0.4, -0.2) is 12.1 Å². The van der Waals surface area contributed by atoms with Crippen LogP contribution < -0.4 is 5.48 Å². The summed E-state index contributed by atoms with van der Waals surface area (Å²) in [4.78, 5) is 5.29. The molecule has 0 bridgehead atoms. The van der Waals surface area contributed by atoms with Crippen molar-refractivity contribution in [2.45, 2.75) is 52.7 Å². The predicted molar refractivity (Wildman–Crippen MR) is 51.0 cm³/mol. The van der Waals surface area contributed by atoms with Crippen LogP contribution in [0.5, 0.6) is 0 Å². The van der Waals surface area contributed by atoms with Gasteiger partial charge in [0.2, 0.25) is 0 Å². The summed E-state index contributed by atoms with van der Waals surface area (Å²) in [5.41, 5.74) is 2.98. The summed E-state index contributed by atoms with van der Waals surface area (Å²) in [6.07, 6.45) is 2.49. The molecule has 0 saturated carbocycles. The number of halogens is 1. The number of hydrogen-bond donors (Lipinski definition) is 1. The molecule has 2 unspecified atom stereocenters. The van der Waals surface area contributed by atoms with Crippen LogP contribution in [0.4, 0.5) is 0 Å². The van der Waals surface area contributed by atoms with E-state index >= 15 is 0 Å². The maximum atomic E-state index is 5.29. The van der Waals surface area contributed by atoms with E-state index < -0.39 is 0 Å². The Labute approximate surface area is 76.1 Å². The van der Waals surface area contributed by atoms with Gasteiger partial charge in [0.25, 0.3) is 0 Å². The highest BCUT2D eigenvalue weighted by Gasteiger charge is 2.00. The summed E-state index contributed by atoms with van der Waals surface area (Å²) < 4.78 is 0. The fourth-order valence-electron chi connectivity index (χ4n) is 0.399. The molecule has 0 aromatic rings. The van der Waals surface area contributed by atoms with Gasteiger partial charge >= 0.3 is 0 Å². The third-order valence-corrected chi connectivity index (χ3v) is 1.66. The van der Waals surface area contributed by atoms with Crippen molar-refractivity contribution >= 4 is 12.4 Å². The number of rotatable bonds is 5. The SMILES string of the molecule is CCC(C)NOC(C)CC.Cl. The summed E-state index contributed by atoms with van der Waals surface area (Å²) in [7, 11) is 0. The Bertz CT molecular complexity index is 70.5. The molecule has 3 heteroatoms. The van der Waals surface area contributed by atoms with Gasteiger partial charge in [0.15, 0.2) is 0 Å². The van der Waals surface area contributed by atoms with Crippen molar-refractivity contribution in [2.24, 2.45) is 0 Å². The molecule has 0 saturated heterocycles. The average molecular weight is 182 g/mol. The van der Waals surface area contributed by atoms with Crippen molar-refractivity contribution in [1.82, 2.24) is 5.48 Å². The highest BCUT2D eigenvalue weighted by atomic mass is 35.5. The van der Waals surface area contributed by atoms with Gasteiger partial charge in [-0.1, -0.05) is 13.8 Å². The maximum Gasteiger partial charge on any atom is 0.0759 e. The lowest BCUT2D eigenvalue weighted by Crippen LogP contribution is -2.29. The fourth-order valence-corrected chi connectivity index (χ4v) is 0.399. The van der Waals surface area contributed by atoms with Gasteiger partial charge in [-0.15, -0.1) is 12.4 Å². The standard InChI is InChI=1S/C8H19NO.ClH/c1-5-7(3)9-10-8(4)6-2;/h7-9H,5-6H2,1-4H3;1H. The Hall–Kier alpha value is 0.210. The molecule has 11 heavy (non-hydrogen) atoms. The second kappa shape index (κ2) is 8.31. The molecule has 2 nitrogen and oxygen atoms in total. The van der Waals surface area contributed by atoms with Crippen molar-refractivity contribution in [2.75, 3.05) is 0 Å². The van der Waals surface area contributed by atoms with Crippen LogP contribution in [0.15, 0.2) is 0 Å². The first kappa shape index (κ1) is 13.8. The molecule has 0 aromatic heterocycles. The van der Waals surface area contributed by atoms with Gasteiger partial charge in [0.05, 0.1) is 6.10 Å². The summed E-state index contributed by atoms with van der Waals surface area (Å²) >= 11 is 0. The van der Waals surface area contributed by atoms with E-state index in [0.717, 1.165) is 12.8 Å². The zero-order valence-electron chi connectivity index (χ0n) is 7.89. The minimum Gasteiger partial charge on any atom is -0.299 e. The lowest BCUT2D eigenvalue weighted by Gasteiger charge is -2.15. The summed E-state index contributed by atoms with van der Waals surface area (Å²) in [5.74, 6) is 0. The minimum atomic E-state index is 0. The van der Waals surface area contributed by atoms with E-state index in [4.69, 9.17) is 4.84 Å². The Morgan fingerprint density at radius 1 is 1.18 bits per heavy atom. The van der Waals surface area contributed by atoms with Crippen molar-refractivity contribution in [3.05, 3.63) is 0 Å². The molecule has 0 aliphatic heterocycles. The van der Waals surface area contributed by atoms with Gasteiger partial charge in [-0.25, -0.2) is 0 Å². The summed E-state index contributed by atoms with van der Waals surface area (Å²) in [5, 5.41) is 0. The molecule has 70 valence electrons. The number of hydroxylamine groups is 1. The number of hydrogen-bond acceptors (Lipinski definition) is 2. The molecule has 0 aromatic carbocycles. The Morgan fingerprint density at radius 3 is 2.09 bits per heavy atom. The van der Waals surface area contributed by atoms with Crippen LogP contribution in [0.3, 0.4) is 0 Å². The Kier molecular flexibility index (Phi) is 10.4. The second-order valence-corrected chi connectivity index (χ2v) is 2.76. The van der Waals surface area contributed by atoms with Gasteiger partial charge in [-0.05, 0) is 26.7 Å². The molecular weight excluding hydrogens is 162 g/mol. The normalized spacial score (nSPS) is 15.3. The molecular formula is C8H20ClNO. The molecule has 0 aliphatic rings. The maximum absolute atomic E-state index is 5.29. The molecule has 0 rings (SSSR count). The largest absolute Gasteiger partial charge is 0.299 e. The van der Waals surface area contributed by atoms with E-state index in [9.17, 15) is 0 Å². The number of nitrogens with one attached hydrogen (secondary N) is 1. The van der Waals surface area contributed by atoms with Gasteiger partial charge < -0.3 is 0 Å². The Morgan fingerprint density at radius 2 is 1.73 bits per heavy atom. The molecule has 0 heterocycles. The lowest BCUT2D eigenvalue weighted by molar-refractivity contribution is -0.0336. The minimum absolute atomic E-state index is 0. The highest BCUT2D eigenvalue weighted by molar-refractivity contribution is 5.85. The average Bonchev–Trinajstić information content (AvgIpc) is 1.99.